The molecule has 1 nitrogen and oxygen atoms in total. The molecule has 0 aromatic heterocycles. The SMILES string of the molecule is CCC(C)C(=O)CCCC(F)(F)C(F)(F)C(F)(F)C(F)F. The van der Waals surface area contributed by atoms with Gasteiger partial charge in [0.25, 0.3) is 0 Å². The van der Waals surface area contributed by atoms with Crippen molar-refractivity contribution in [3.05, 3.63) is 0 Å². The van der Waals surface area contributed by atoms with Crippen LogP contribution in [-0.2, 0) is 4.79 Å². The van der Waals surface area contributed by atoms with Gasteiger partial charge in [-0.15, -0.1) is 0 Å². The first-order chi connectivity index (χ1) is 9.31. The van der Waals surface area contributed by atoms with Gasteiger partial charge in [-0.2, -0.15) is 26.3 Å². The van der Waals surface area contributed by atoms with Crippen LogP contribution in [0.15, 0.2) is 0 Å². The van der Waals surface area contributed by atoms with E-state index in [0.717, 1.165) is 0 Å². The van der Waals surface area contributed by atoms with Crippen molar-refractivity contribution < 1.29 is 39.9 Å². The van der Waals surface area contributed by atoms with Crippen molar-refractivity contribution in [2.45, 2.75) is 63.7 Å². The molecule has 0 heterocycles. The maximum atomic E-state index is 13.1. The fraction of sp³-hybridized carbons (Fsp3) is 0.917. The lowest BCUT2D eigenvalue weighted by Crippen LogP contribution is -2.57. The van der Waals surface area contributed by atoms with Crippen molar-refractivity contribution in [3.63, 3.8) is 0 Å². The van der Waals surface area contributed by atoms with Gasteiger partial charge < -0.3 is 0 Å². The minimum Gasteiger partial charge on any atom is -0.299 e. The molecule has 0 aliphatic rings. The molecule has 0 fully saturated rings. The van der Waals surface area contributed by atoms with E-state index in [0.29, 0.717) is 6.42 Å². The smallest absolute Gasteiger partial charge is 0.299 e. The lowest BCUT2D eigenvalue weighted by molar-refractivity contribution is -0.339. The lowest BCUT2D eigenvalue weighted by atomic mass is 9.95. The predicted molar refractivity (Wildman–Crippen MR) is 59.2 cm³/mol. The molecule has 126 valence electrons. The molecular formula is C12H16F8O. The van der Waals surface area contributed by atoms with Crippen molar-refractivity contribution >= 4 is 5.78 Å². The second-order valence-electron chi connectivity index (χ2n) is 4.83. The number of alkyl halides is 8. The van der Waals surface area contributed by atoms with E-state index in [1.807, 2.05) is 0 Å². The van der Waals surface area contributed by atoms with Gasteiger partial charge >= 0.3 is 24.2 Å². The quantitative estimate of drug-likeness (QED) is 0.548. The van der Waals surface area contributed by atoms with Crippen LogP contribution in [0.5, 0.6) is 0 Å². The molecule has 0 aromatic rings. The highest BCUT2D eigenvalue weighted by Crippen LogP contribution is 2.50. The van der Waals surface area contributed by atoms with Crippen LogP contribution in [0.25, 0.3) is 0 Å². The van der Waals surface area contributed by atoms with Gasteiger partial charge in [-0.05, 0) is 12.8 Å². The molecule has 0 aliphatic carbocycles. The summed E-state index contributed by atoms with van der Waals surface area (Å²) in [5.74, 6) is -18.6. The summed E-state index contributed by atoms with van der Waals surface area (Å²) in [6.07, 6.45) is -7.56. The van der Waals surface area contributed by atoms with E-state index in [4.69, 9.17) is 0 Å². The second kappa shape index (κ2) is 6.91. The molecule has 0 N–H and O–H groups in total. The number of Topliss-reactive ketones (excluding diaryl/α,β-unsaturated/α-hetero) is 1. The minimum atomic E-state index is -6.19. The molecular weight excluding hydrogens is 312 g/mol. The fourth-order valence-corrected chi connectivity index (χ4v) is 1.50. The molecule has 0 saturated heterocycles. The molecule has 0 amide bonds. The molecule has 1 unspecified atom stereocenters. The highest BCUT2D eigenvalue weighted by atomic mass is 19.4. The Hall–Kier alpha value is -0.890. The van der Waals surface area contributed by atoms with Crippen molar-refractivity contribution in [1.29, 1.82) is 0 Å². The van der Waals surface area contributed by atoms with Gasteiger partial charge in [0.05, 0.1) is 0 Å². The number of halogens is 8. The van der Waals surface area contributed by atoms with Crippen LogP contribution in [0.4, 0.5) is 35.1 Å². The Labute approximate surface area is 116 Å². The number of hydrogen-bond acceptors (Lipinski definition) is 1. The van der Waals surface area contributed by atoms with E-state index in [-0.39, 0.29) is 0 Å². The molecule has 0 saturated carbocycles. The summed E-state index contributed by atoms with van der Waals surface area (Å²) < 4.78 is 101. The zero-order valence-corrected chi connectivity index (χ0v) is 11.4. The first-order valence-corrected chi connectivity index (χ1v) is 6.25. The van der Waals surface area contributed by atoms with Gasteiger partial charge in [0.1, 0.15) is 5.78 Å². The summed E-state index contributed by atoms with van der Waals surface area (Å²) in [5, 5.41) is 0. The zero-order valence-electron chi connectivity index (χ0n) is 11.4. The van der Waals surface area contributed by atoms with Crippen LogP contribution in [0.3, 0.4) is 0 Å². The largest absolute Gasteiger partial charge is 0.377 e. The first kappa shape index (κ1) is 20.1. The van der Waals surface area contributed by atoms with Crippen LogP contribution in [0.2, 0.25) is 0 Å². The molecule has 0 radical (unpaired) electrons. The van der Waals surface area contributed by atoms with E-state index in [1.54, 1.807) is 6.92 Å². The molecule has 1 atom stereocenters. The Morgan fingerprint density at radius 2 is 1.52 bits per heavy atom. The Morgan fingerprint density at radius 1 is 1.05 bits per heavy atom. The molecule has 9 heteroatoms. The van der Waals surface area contributed by atoms with Crippen LogP contribution < -0.4 is 0 Å². The first-order valence-electron chi connectivity index (χ1n) is 6.25. The van der Waals surface area contributed by atoms with Gasteiger partial charge in [0.2, 0.25) is 0 Å². The maximum Gasteiger partial charge on any atom is 0.377 e. The normalized spacial score (nSPS) is 15.4. The van der Waals surface area contributed by atoms with Gasteiger partial charge in [-0.3, -0.25) is 4.79 Å². The van der Waals surface area contributed by atoms with Gasteiger partial charge in [0, 0.05) is 18.8 Å². The van der Waals surface area contributed by atoms with E-state index in [1.165, 1.54) is 6.92 Å². The topological polar surface area (TPSA) is 17.1 Å². The predicted octanol–water partition coefficient (Wildman–Crippen LogP) is 4.94. The lowest BCUT2D eigenvalue weighted by Gasteiger charge is -2.32. The Morgan fingerprint density at radius 3 is 1.90 bits per heavy atom. The fourth-order valence-electron chi connectivity index (χ4n) is 1.50. The summed E-state index contributed by atoms with van der Waals surface area (Å²) >= 11 is 0. The summed E-state index contributed by atoms with van der Waals surface area (Å²) in [5.41, 5.74) is 0. The van der Waals surface area contributed by atoms with Crippen LogP contribution in [-0.4, -0.2) is 30.0 Å². The van der Waals surface area contributed by atoms with E-state index < -0.39 is 55.2 Å². The van der Waals surface area contributed by atoms with Crippen molar-refractivity contribution in [2.24, 2.45) is 5.92 Å². The average Bonchev–Trinajstić information content (AvgIpc) is 2.36. The number of carbonyl (C=O) groups is 1. The minimum absolute atomic E-state index is 0.412. The third-order valence-corrected chi connectivity index (χ3v) is 3.23. The van der Waals surface area contributed by atoms with Crippen molar-refractivity contribution in [1.82, 2.24) is 0 Å². The number of ketones is 1. The summed E-state index contributed by atoms with van der Waals surface area (Å²) in [4.78, 5) is 11.3. The van der Waals surface area contributed by atoms with E-state index in [2.05, 4.69) is 0 Å². The van der Waals surface area contributed by atoms with Crippen LogP contribution in [0.1, 0.15) is 39.5 Å². The van der Waals surface area contributed by atoms with Crippen LogP contribution >= 0.6 is 0 Å². The summed E-state index contributed by atoms with van der Waals surface area (Å²) in [6, 6.07) is 0. The average molecular weight is 328 g/mol. The second-order valence-corrected chi connectivity index (χ2v) is 4.83. The highest BCUT2D eigenvalue weighted by molar-refractivity contribution is 5.80. The molecule has 0 aliphatic heterocycles. The molecule has 0 rings (SSSR count). The van der Waals surface area contributed by atoms with Gasteiger partial charge in [-0.1, -0.05) is 13.8 Å². The number of rotatable bonds is 9. The zero-order chi connectivity index (χ0) is 17.1. The Bertz CT molecular complexity index is 353. The molecule has 0 aromatic carbocycles. The third-order valence-electron chi connectivity index (χ3n) is 3.23. The molecule has 0 spiro atoms. The van der Waals surface area contributed by atoms with Crippen molar-refractivity contribution in [2.75, 3.05) is 0 Å². The molecule has 0 bridgehead atoms. The van der Waals surface area contributed by atoms with E-state index in [9.17, 15) is 39.9 Å². The number of carbonyl (C=O) groups excluding carboxylic acids is 1. The standard InChI is InChI=1S/C12H16F8O/c1-3-7(2)8(21)5-4-6-10(15,16)12(19,20)11(17,18)9(13)14/h7,9H,3-6H2,1-2H3. The Balaban J connectivity index is 4.79. The Kier molecular flexibility index (Phi) is 6.62. The van der Waals surface area contributed by atoms with Crippen LogP contribution in [0, 0.1) is 5.92 Å². The van der Waals surface area contributed by atoms with Crippen molar-refractivity contribution in [3.8, 4) is 0 Å². The number of hydrogen-bond donors (Lipinski definition) is 0. The van der Waals surface area contributed by atoms with Gasteiger partial charge in [-0.25, -0.2) is 8.78 Å². The molecule has 21 heavy (non-hydrogen) atoms. The summed E-state index contributed by atoms with van der Waals surface area (Å²) in [6.45, 7) is 3.15. The third kappa shape index (κ3) is 4.29. The maximum absolute atomic E-state index is 13.1. The summed E-state index contributed by atoms with van der Waals surface area (Å²) in [7, 11) is 0. The van der Waals surface area contributed by atoms with E-state index >= 15 is 0 Å². The monoisotopic (exact) mass is 328 g/mol. The highest BCUT2D eigenvalue weighted by Gasteiger charge is 2.74. The van der Waals surface area contributed by atoms with Gasteiger partial charge in [0.15, 0.2) is 0 Å².